The number of piperidine rings is 1. The summed E-state index contributed by atoms with van der Waals surface area (Å²) in [4.78, 5) is 23.1. The highest BCUT2D eigenvalue weighted by Gasteiger charge is 2.44. The van der Waals surface area contributed by atoms with E-state index in [1.807, 2.05) is 17.8 Å². The van der Waals surface area contributed by atoms with E-state index in [1.165, 1.54) is 42.5 Å². The van der Waals surface area contributed by atoms with Crippen LogP contribution in [0.15, 0.2) is 42.7 Å². The molecule has 2 aromatic heterocycles. The molecule has 3 aromatic rings. The zero-order chi connectivity index (χ0) is 29.8. The number of nitrogens with zero attached hydrogens (tertiary/aromatic N) is 6. The Labute approximate surface area is 239 Å². The van der Waals surface area contributed by atoms with Gasteiger partial charge in [-0.15, -0.1) is 0 Å². The van der Waals surface area contributed by atoms with E-state index in [2.05, 4.69) is 10.1 Å². The van der Waals surface area contributed by atoms with Gasteiger partial charge in [-0.05, 0) is 50.3 Å². The number of halogens is 5. The lowest BCUT2D eigenvalue weighted by atomic mass is 9.97. The molecule has 1 atom stereocenters. The summed E-state index contributed by atoms with van der Waals surface area (Å²) in [5.74, 6) is 0.493. The normalized spacial score (nSPS) is 20.0. The van der Waals surface area contributed by atoms with Gasteiger partial charge in [0.25, 0.3) is 6.43 Å². The molecule has 4 heterocycles. The van der Waals surface area contributed by atoms with Crippen molar-refractivity contribution in [2.45, 2.75) is 69.9 Å². The first-order chi connectivity index (χ1) is 20.1. The van der Waals surface area contributed by atoms with Crippen LogP contribution in [-0.2, 0) is 12.7 Å². The average molecular weight is 591 g/mol. The summed E-state index contributed by atoms with van der Waals surface area (Å²) in [6.45, 7) is 2.36. The quantitative estimate of drug-likeness (QED) is 0.285. The molecule has 2 fully saturated rings. The summed E-state index contributed by atoms with van der Waals surface area (Å²) < 4.78 is 76.4. The van der Waals surface area contributed by atoms with E-state index in [-0.39, 0.29) is 47.4 Å². The number of anilines is 2. The van der Waals surface area contributed by atoms with Crippen molar-refractivity contribution in [3.8, 4) is 5.88 Å². The van der Waals surface area contributed by atoms with E-state index in [0.29, 0.717) is 31.7 Å². The standard InChI is InChI=1S/C29H31F5N6O2/c1-17-22-16-39(19-7-8-19)36-26(22)38(15-18-5-3-4-6-23(18)29(32,33)34)28(41)40(17)20-10-13-37(14-11-20)24-21(25(30)31)9-12-35-27(24)42-2/h3-6,9,12,16-17,19-20,25H,7-8,10-11,13-15H2,1-2H3. The Balaban J connectivity index is 1.30. The lowest BCUT2D eigenvalue weighted by Gasteiger charge is -2.46. The number of hydrogen-bond donors (Lipinski definition) is 0. The van der Waals surface area contributed by atoms with Gasteiger partial charge in [-0.25, -0.2) is 18.6 Å². The predicted molar refractivity (Wildman–Crippen MR) is 145 cm³/mol. The Morgan fingerprint density at radius 1 is 1.05 bits per heavy atom. The Morgan fingerprint density at radius 2 is 1.76 bits per heavy atom. The molecule has 1 aromatic carbocycles. The minimum atomic E-state index is -4.57. The molecule has 1 saturated heterocycles. The van der Waals surface area contributed by atoms with E-state index in [4.69, 9.17) is 4.74 Å². The van der Waals surface area contributed by atoms with Crippen molar-refractivity contribution in [2.75, 3.05) is 30.0 Å². The molecule has 0 spiro atoms. The Hall–Kier alpha value is -3.90. The number of hydrogen-bond acceptors (Lipinski definition) is 5. The SMILES string of the molecule is COc1nccc(C(F)F)c1N1CCC(N2C(=O)N(Cc3ccccc3C(F)(F)F)c3nn(C4CC4)cc3C2C)CC1. The lowest BCUT2D eigenvalue weighted by molar-refractivity contribution is -0.138. The molecular formula is C29H31F5N6O2. The van der Waals surface area contributed by atoms with Gasteiger partial charge < -0.3 is 14.5 Å². The van der Waals surface area contributed by atoms with E-state index in [0.717, 1.165) is 24.5 Å². The number of amides is 2. The van der Waals surface area contributed by atoms with Crippen molar-refractivity contribution in [3.05, 3.63) is 65.0 Å². The number of rotatable bonds is 7. The molecule has 224 valence electrons. The fourth-order valence-corrected chi connectivity index (χ4v) is 6.15. The monoisotopic (exact) mass is 590 g/mol. The third kappa shape index (κ3) is 5.02. The average Bonchev–Trinajstić information content (AvgIpc) is 3.73. The molecule has 1 saturated carbocycles. The second kappa shape index (κ2) is 10.7. The van der Waals surface area contributed by atoms with Crippen LogP contribution in [0.1, 0.15) is 73.4 Å². The van der Waals surface area contributed by atoms with Gasteiger partial charge in [-0.3, -0.25) is 9.58 Å². The van der Waals surface area contributed by atoms with E-state index >= 15 is 0 Å². The molecule has 6 rings (SSSR count). The van der Waals surface area contributed by atoms with Crippen LogP contribution in [0.2, 0.25) is 0 Å². The maximum atomic E-state index is 14.1. The first kappa shape index (κ1) is 28.2. The maximum absolute atomic E-state index is 14.1. The fourth-order valence-electron chi connectivity index (χ4n) is 6.15. The van der Waals surface area contributed by atoms with Gasteiger partial charge in [0.05, 0.1) is 31.3 Å². The molecule has 0 radical (unpaired) electrons. The van der Waals surface area contributed by atoms with Crippen molar-refractivity contribution in [2.24, 2.45) is 0 Å². The molecule has 42 heavy (non-hydrogen) atoms. The van der Waals surface area contributed by atoms with Crippen molar-refractivity contribution in [3.63, 3.8) is 0 Å². The van der Waals surface area contributed by atoms with Gasteiger partial charge >= 0.3 is 12.2 Å². The second-order valence-corrected chi connectivity index (χ2v) is 11.0. The zero-order valence-corrected chi connectivity index (χ0v) is 23.2. The number of fused-ring (bicyclic) bond motifs is 1. The van der Waals surface area contributed by atoms with Crippen molar-refractivity contribution in [1.29, 1.82) is 0 Å². The molecular weight excluding hydrogens is 559 g/mol. The van der Waals surface area contributed by atoms with Gasteiger partial charge in [0.2, 0.25) is 5.88 Å². The number of benzene rings is 1. The predicted octanol–water partition coefficient (Wildman–Crippen LogP) is 6.75. The van der Waals surface area contributed by atoms with Gasteiger partial charge in [0.15, 0.2) is 5.82 Å². The van der Waals surface area contributed by atoms with Gasteiger partial charge in [-0.1, -0.05) is 18.2 Å². The number of alkyl halides is 5. The van der Waals surface area contributed by atoms with Crippen LogP contribution in [0.5, 0.6) is 5.88 Å². The molecule has 2 aliphatic heterocycles. The third-order valence-corrected chi connectivity index (χ3v) is 8.41. The van der Waals surface area contributed by atoms with Gasteiger partial charge in [0, 0.05) is 42.7 Å². The summed E-state index contributed by atoms with van der Waals surface area (Å²) in [5, 5.41) is 4.67. The Bertz CT molecular complexity index is 1460. The number of carbonyl (C=O) groups is 1. The number of pyridine rings is 1. The number of carbonyl (C=O) groups excluding carboxylic acids is 1. The van der Waals surface area contributed by atoms with Crippen LogP contribution < -0.4 is 14.5 Å². The lowest BCUT2D eigenvalue weighted by Crippen LogP contribution is -2.55. The Kier molecular flexibility index (Phi) is 7.22. The Morgan fingerprint density at radius 3 is 2.40 bits per heavy atom. The van der Waals surface area contributed by atoms with Crippen LogP contribution in [0.4, 0.5) is 38.3 Å². The molecule has 1 unspecified atom stereocenters. The summed E-state index contributed by atoms with van der Waals surface area (Å²) in [5.41, 5.74) is 0.0408. The molecule has 2 amide bonds. The highest BCUT2D eigenvalue weighted by atomic mass is 19.4. The first-order valence-electron chi connectivity index (χ1n) is 14.0. The fraction of sp³-hybridized carbons (Fsp3) is 0.483. The van der Waals surface area contributed by atoms with Crippen molar-refractivity contribution < 1.29 is 31.5 Å². The van der Waals surface area contributed by atoms with E-state index < -0.39 is 24.2 Å². The summed E-state index contributed by atoms with van der Waals surface area (Å²) >= 11 is 0. The van der Waals surface area contributed by atoms with E-state index in [1.54, 1.807) is 9.80 Å². The summed E-state index contributed by atoms with van der Waals surface area (Å²) in [7, 11) is 1.38. The summed E-state index contributed by atoms with van der Waals surface area (Å²) in [6, 6.07) is 5.71. The zero-order valence-electron chi connectivity index (χ0n) is 23.2. The van der Waals surface area contributed by atoms with Crippen LogP contribution in [0.25, 0.3) is 0 Å². The van der Waals surface area contributed by atoms with Crippen molar-refractivity contribution >= 4 is 17.5 Å². The van der Waals surface area contributed by atoms with Gasteiger partial charge in [0.1, 0.15) is 5.69 Å². The minimum absolute atomic E-state index is 0.0159. The van der Waals surface area contributed by atoms with E-state index in [9.17, 15) is 26.7 Å². The highest BCUT2D eigenvalue weighted by Crippen LogP contribution is 2.44. The number of ether oxygens (including phenoxy) is 1. The molecule has 0 bridgehead atoms. The highest BCUT2D eigenvalue weighted by molar-refractivity contribution is 5.94. The molecule has 0 N–H and O–H groups in total. The second-order valence-electron chi connectivity index (χ2n) is 11.0. The largest absolute Gasteiger partial charge is 0.480 e. The minimum Gasteiger partial charge on any atom is -0.480 e. The van der Waals surface area contributed by atoms with Crippen LogP contribution in [0, 0.1) is 0 Å². The topological polar surface area (TPSA) is 66.7 Å². The van der Waals surface area contributed by atoms with Crippen LogP contribution >= 0.6 is 0 Å². The third-order valence-electron chi connectivity index (χ3n) is 8.41. The number of urea groups is 1. The molecule has 8 nitrogen and oxygen atoms in total. The van der Waals surface area contributed by atoms with Crippen LogP contribution in [-0.4, -0.2) is 51.9 Å². The smallest absolute Gasteiger partial charge is 0.416 e. The molecule has 1 aliphatic carbocycles. The van der Waals surface area contributed by atoms with Crippen molar-refractivity contribution in [1.82, 2.24) is 19.7 Å². The number of aromatic nitrogens is 3. The summed E-state index contributed by atoms with van der Waals surface area (Å²) in [6.07, 6.45) is -1.24. The molecule has 13 heteroatoms. The van der Waals surface area contributed by atoms with Gasteiger partial charge in [-0.2, -0.15) is 18.3 Å². The molecule has 3 aliphatic rings. The maximum Gasteiger partial charge on any atom is 0.416 e. The van der Waals surface area contributed by atoms with Crippen LogP contribution in [0.3, 0.4) is 0 Å². The first-order valence-corrected chi connectivity index (χ1v) is 14.0. The number of methoxy groups -OCH3 is 1.